The monoisotopic (exact) mass is 284 g/mol. The molecule has 0 saturated carbocycles. The van der Waals surface area contributed by atoms with E-state index in [0.29, 0.717) is 16.9 Å². The van der Waals surface area contributed by atoms with Gasteiger partial charge >= 0.3 is 5.97 Å². The predicted molar refractivity (Wildman–Crippen MR) is 79.4 cm³/mol. The van der Waals surface area contributed by atoms with Gasteiger partial charge in [-0.25, -0.2) is 0 Å². The average Bonchev–Trinajstić information content (AvgIpc) is 2.48. The largest absolute Gasteiger partial charge is 0.481 e. The summed E-state index contributed by atoms with van der Waals surface area (Å²) in [5.74, 6) is -1.13. The summed E-state index contributed by atoms with van der Waals surface area (Å²) in [6.45, 7) is 1.99. The van der Waals surface area contributed by atoms with Crippen LogP contribution in [0.5, 0.6) is 0 Å². The van der Waals surface area contributed by atoms with Crippen molar-refractivity contribution in [3.63, 3.8) is 0 Å². The van der Waals surface area contributed by atoms with Gasteiger partial charge in [0.05, 0.1) is 24.0 Å². The first-order valence-corrected chi connectivity index (χ1v) is 6.66. The minimum absolute atomic E-state index is 0.132. The number of rotatable bonds is 5. The lowest BCUT2D eigenvalue weighted by Gasteiger charge is -2.09. The summed E-state index contributed by atoms with van der Waals surface area (Å²) in [4.78, 5) is 26.8. The summed E-state index contributed by atoms with van der Waals surface area (Å²) >= 11 is 0. The van der Waals surface area contributed by atoms with Gasteiger partial charge in [0.1, 0.15) is 0 Å². The van der Waals surface area contributed by atoms with E-state index in [9.17, 15) is 9.59 Å². The molecule has 0 unspecified atom stereocenters. The van der Waals surface area contributed by atoms with E-state index in [0.717, 1.165) is 12.0 Å². The average molecular weight is 284 g/mol. The molecule has 1 aromatic heterocycles. The highest BCUT2D eigenvalue weighted by atomic mass is 16.4. The third-order valence-electron chi connectivity index (χ3n) is 3.06. The van der Waals surface area contributed by atoms with E-state index in [1.54, 1.807) is 18.2 Å². The van der Waals surface area contributed by atoms with Gasteiger partial charge in [-0.2, -0.15) is 0 Å². The molecule has 0 aliphatic heterocycles. The topological polar surface area (TPSA) is 79.3 Å². The Morgan fingerprint density at radius 2 is 1.95 bits per heavy atom. The van der Waals surface area contributed by atoms with Crippen molar-refractivity contribution >= 4 is 17.6 Å². The number of nitrogens with zero attached hydrogens (tertiary/aromatic N) is 1. The van der Waals surface area contributed by atoms with E-state index in [2.05, 4.69) is 10.3 Å². The molecule has 2 N–H and O–H groups in total. The number of carbonyl (C=O) groups is 2. The van der Waals surface area contributed by atoms with Gasteiger partial charge < -0.3 is 10.4 Å². The molecule has 21 heavy (non-hydrogen) atoms. The zero-order valence-electron chi connectivity index (χ0n) is 11.7. The van der Waals surface area contributed by atoms with Gasteiger partial charge in [0, 0.05) is 5.56 Å². The Hall–Kier alpha value is -2.69. The number of hydrogen-bond acceptors (Lipinski definition) is 3. The number of pyridine rings is 1. The lowest BCUT2D eigenvalue weighted by Crippen LogP contribution is -2.14. The fraction of sp³-hybridized carbons (Fsp3) is 0.188. The summed E-state index contributed by atoms with van der Waals surface area (Å²) in [6, 6.07) is 10.7. The maximum atomic E-state index is 12.2. The molecule has 0 atom stereocenters. The first-order valence-electron chi connectivity index (χ1n) is 6.66. The maximum Gasteiger partial charge on any atom is 0.309 e. The summed E-state index contributed by atoms with van der Waals surface area (Å²) in [7, 11) is 0. The third kappa shape index (κ3) is 3.89. The van der Waals surface area contributed by atoms with Crippen molar-refractivity contribution in [2.24, 2.45) is 0 Å². The molecule has 0 aliphatic carbocycles. The minimum atomic E-state index is -0.934. The number of aryl methyl sites for hydroxylation is 1. The van der Waals surface area contributed by atoms with Gasteiger partial charge in [-0.15, -0.1) is 0 Å². The highest BCUT2D eigenvalue weighted by Gasteiger charge is 2.10. The molecule has 2 aromatic rings. The van der Waals surface area contributed by atoms with Gasteiger partial charge in [0.25, 0.3) is 5.91 Å². The highest BCUT2D eigenvalue weighted by Crippen LogP contribution is 2.13. The SMILES string of the molecule is CCc1ccccc1C(=O)Nc1ccc(CC(=O)O)nc1. The van der Waals surface area contributed by atoms with Gasteiger partial charge in [0.2, 0.25) is 0 Å². The van der Waals surface area contributed by atoms with Crippen LogP contribution < -0.4 is 5.32 Å². The Bertz CT molecular complexity index is 651. The molecule has 108 valence electrons. The van der Waals surface area contributed by atoms with Crippen LogP contribution >= 0.6 is 0 Å². The van der Waals surface area contributed by atoms with Crippen LogP contribution in [-0.4, -0.2) is 22.0 Å². The van der Waals surface area contributed by atoms with Crippen molar-refractivity contribution in [1.29, 1.82) is 0 Å². The summed E-state index contributed by atoms with van der Waals surface area (Å²) in [5.41, 5.74) is 2.61. The highest BCUT2D eigenvalue weighted by molar-refractivity contribution is 6.05. The number of nitrogens with one attached hydrogen (secondary N) is 1. The number of carboxylic acid groups (broad SMARTS) is 1. The number of amides is 1. The Labute approximate surface area is 122 Å². The lowest BCUT2D eigenvalue weighted by atomic mass is 10.0. The minimum Gasteiger partial charge on any atom is -0.481 e. The number of carbonyl (C=O) groups excluding carboxylic acids is 1. The Kier molecular flexibility index (Phi) is 4.66. The molecule has 0 fully saturated rings. The zero-order chi connectivity index (χ0) is 15.2. The van der Waals surface area contributed by atoms with Crippen LogP contribution in [0.3, 0.4) is 0 Å². The molecule has 0 spiro atoms. The molecule has 0 aliphatic rings. The van der Waals surface area contributed by atoms with Crippen LogP contribution in [0.25, 0.3) is 0 Å². The van der Waals surface area contributed by atoms with Crippen molar-refractivity contribution in [3.05, 3.63) is 59.4 Å². The van der Waals surface area contributed by atoms with Crippen molar-refractivity contribution in [1.82, 2.24) is 4.98 Å². The fourth-order valence-corrected chi connectivity index (χ4v) is 2.01. The molecule has 5 nitrogen and oxygen atoms in total. The van der Waals surface area contributed by atoms with Gasteiger partial charge in [-0.3, -0.25) is 14.6 Å². The summed E-state index contributed by atoms with van der Waals surface area (Å²) in [6.07, 6.45) is 2.11. The van der Waals surface area contributed by atoms with Crippen LogP contribution in [0.15, 0.2) is 42.6 Å². The first kappa shape index (κ1) is 14.7. The smallest absolute Gasteiger partial charge is 0.309 e. The third-order valence-corrected chi connectivity index (χ3v) is 3.06. The van der Waals surface area contributed by atoms with Crippen LogP contribution in [0.4, 0.5) is 5.69 Å². The van der Waals surface area contributed by atoms with Crippen molar-refractivity contribution < 1.29 is 14.7 Å². The molecule has 0 radical (unpaired) electrons. The van der Waals surface area contributed by atoms with Gasteiger partial charge in [-0.1, -0.05) is 25.1 Å². The number of benzene rings is 1. The van der Waals surface area contributed by atoms with Gasteiger partial charge in [-0.05, 0) is 30.2 Å². The molecule has 1 aromatic carbocycles. The van der Waals surface area contributed by atoms with E-state index in [1.807, 2.05) is 25.1 Å². The van der Waals surface area contributed by atoms with Crippen molar-refractivity contribution in [2.45, 2.75) is 19.8 Å². The van der Waals surface area contributed by atoms with Crippen LogP contribution in [0.1, 0.15) is 28.5 Å². The summed E-state index contributed by atoms with van der Waals surface area (Å²) < 4.78 is 0. The van der Waals surface area contributed by atoms with Crippen molar-refractivity contribution in [3.8, 4) is 0 Å². The van der Waals surface area contributed by atoms with Gasteiger partial charge in [0.15, 0.2) is 0 Å². The van der Waals surface area contributed by atoms with Crippen molar-refractivity contribution in [2.75, 3.05) is 5.32 Å². The molecule has 1 heterocycles. The number of anilines is 1. The second kappa shape index (κ2) is 6.65. The standard InChI is InChI=1S/C16H16N2O3/c1-2-11-5-3-4-6-14(11)16(21)18-13-8-7-12(17-10-13)9-15(19)20/h3-8,10H,2,9H2,1H3,(H,18,21)(H,19,20). The quantitative estimate of drug-likeness (QED) is 0.884. The number of aromatic nitrogens is 1. The molecule has 1 amide bonds. The Morgan fingerprint density at radius 3 is 2.57 bits per heavy atom. The van der Waals surface area contributed by atoms with Crippen LogP contribution in [0, 0.1) is 0 Å². The summed E-state index contributed by atoms with van der Waals surface area (Å²) in [5, 5.41) is 11.4. The Balaban J connectivity index is 2.10. The fourth-order valence-electron chi connectivity index (χ4n) is 2.01. The molecule has 5 heteroatoms. The second-order valence-electron chi connectivity index (χ2n) is 4.57. The number of hydrogen-bond donors (Lipinski definition) is 2. The molecule has 2 rings (SSSR count). The van der Waals surface area contributed by atoms with E-state index in [4.69, 9.17) is 5.11 Å². The van der Waals surface area contributed by atoms with E-state index >= 15 is 0 Å². The zero-order valence-corrected chi connectivity index (χ0v) is 11.7. The normalized spacial score (nSPS) is 10.1. The molecular weight excluding hydrogens is 268 g/mol. The first-order chi connectivity index (χ1) is 10.1. The van der Waals surface area contributed by atoms with Crippen LogP contribution in [0.2, 0.25) is 0 Å². The predicted octanol–water partition coefficient (Wildman–Crippen LogP) is 2.52. The second-order valence-corrected chi connectivity index (χ2v) is 4.57. The number of carboxylic acids is 1. The lowest BCUT2D eigenvalue weighted by molar-refractivity contribution is -0.136. The van der Waals surface area contributed by atoms with E-state index in [-0.39, 0.29) is 12.3 Å². The molecular formula is C16H16N2O3. The molecule has 0 saturated heterocycles. The maximum absolute atomic E-state index is 12.2. The van der Waals surface area contributed by atoms with E-state index < -0.39 is 5.97 Å². The van der Waals surface area contributed by atoms with E-state index in [1.165, 1.54) is 6.20 Å². The molecule has 0 bridgehead atoms. The van der Waals surface area contributed by atoms with Crippen LogP contribution in [-0.2, 0) is 17.6 Å². The Morgan fingerprint density at radius 1 is 1.19 bits per heavy atom. The number of aliphatic carboxylic acids is 1.